The monoisotopic (exact) mass is 342 g/mol. The van der Waals surface area contributed by atoms with Crippen molar-refractivity contribution in [1.82, 2.24) is 20.1 Å². The fourth-order valence-corrected chi connectivity index (χ4v) is 2.86. The van der Waals surface area contributed by atoms with E-state index in [1.807, 2.05) is 18.2 Å². The Kier molecular flexibility index (Phi) is 4.97. The molecule has 0 spiro atoms. The zero-order valence-electron chi connectivity index (χ0n) is 14.5. The van der Waals surface area contributed by atoms with E-state index in [1.54, 1.807) is 23.6 Å². The lowest BCUT2D eigenvalue weighted by atomic mass is 10.1. The van der Waals surface area contributed by atoms with Gasteiger partial charge in [0.1, 0.15) is 5.82 Å². The molecule has 0 saturated carbocycles. The predicted octanol–water partition coefficient (Wildman–Crippen LogP) is 1.61. The molecule has 3 rings (SSSR count). The van der Waals surface area contributed by atoms with E-state index in [4.69, 9.17) is 0 Å². The van der Waals surface area contributed by atoms with Gasteiger partial charge in [-0.05, 0) is 37.8 Å². The third-order valence-electron chi connectivity index (χ3n) is 4.27. The van der Waals surface area contributed by atoms with Crippen molar-refractivity contribution < 1.29 is 9.59 Å². The second-order valence-electron chi connectivity index (χ2n) is 6.05. The molecule has 1 aliphatic rings. The van der Waals surface area contributed by atoms with Gasteiger partial charge in [0.25, 0.3) is 0 Å². The number of amides is 3. The minimum absolute atomic E-state index is 0.0774. The number of urea groups is 1. The van der Waals surface area contributed by atoms with Crippen molar-refractivity contribution in [2.24, 2.45) is 7.05 Å². The molecule has 1 aromatic carbocycles. The van der Waals surface area contributed by atoms with Gasteiger partial charge in [-0.1, -0.05) is 18.2 Å². The molecule has 2 N–H and O–H groups in total. The van der Waals surface area contributed by atoms with E-state index in [0.29, 0.717) is 12.4 Å². The first-order chi connectivity index (χ1) is 12.0. The summed E-state index contributed by atoms with van der Waals surface area (Å²) in [7, 11) is 1.74. The third kappa shape index (κ3) is 3.96. The molecule has 0 unspecified atom stereocenters. The minimum Gasteiger partial charge on any atom is -0.329 e. The first-order valence-electron chi connectivity index (χ1n) is 8.35. The van der Waals surface area contributed by atoms with Crippen molar-refractivity contribution in [1.29, 1.82) is 0 Å². The average Bonchev–Trinajstić information content (AvgIpc) is 2.80. The Morgan fingerprint density at radius 2 is 2.04 bits per heavy atom. The molecule has 1 aromatic heterocycles. The lowest BCUT2D eigenvalue weighted by Crippen LogP contribution is -2.42. The normalized spacial score (nSPS) is 13.8. The van der Waals surface area contributed by atoms with Crippen LogP contribution in [0.3, 0.4) is 0 Å². The van der Waals surface area contributed by atoms with Crippen LogP contribution in [0.2, 0.25) is 0 Å². The van der Waals surface area contributed by atoms with Gasteiger partial charge in [0.2, 0.25) is 11.9 Å². The predicted molar refractivity (Wildman–Crippen MR) is 94.5 cm³/mol. The van der Waals surface area contributed by atoms with E-state index < -0.39 is 6.03 Å². The third-order valence-corrected chi connectivity index (χ3v) is 4.27. The number of benzene rings is 1. The molecular formula is C17H22N6O2. The molecule has 2 aromatic rings. The Bertz CT molecular complexity index is 766. The van der Waals surface area contributed by atoms with E-state index >= 15 is 0 Å². The van der Waals surface area contributed by atoms with Gasteiger partial charge < -0.3 is 10.2 Å². The zero-order valence-corrected chi connectivity index (χ0v) is 14.5. The SMILES string of the molecule is Cc1nc(NC(=O)NCC(=O)N2CCCCc3ccccc32)nn1C. The van der Waals surface area contributed by atoms with Crippen LogP contribution in [0, 0.1) is 6.92 Å². The van der Waals surface area contributed by atoms with Gasteiger partial charge in [0, 0.05) is 19.3 Å². The van der Waals surface area contributed by atoms with Crippen LogP contribution < -0.4 is 15.5 Å². The molecule has 8 heteroatoms. The van der Waals surface area contributed by atoms with Crippen molar-refractivity contribution in [3.05, 3.63) is 35.7 Å². The Balaban J connectivity index is 1.59. The van der Waals surface area contributed by atoms with Crippen molar-refractivity contribution in [3.63, 3.8) is 0 Å². The molecule has 132 valence electrons. The van der Waals surface area contributed by atoms with Crippen LogP contribution >= 0.6 is 0 Å². The summed E-state index contributed by atoms with van der Waals surface area (Å²) in [6.07, 6.45) is 2.97. The maximum atomic E-state index is 12.6. The standard InChI is InChI=1S/C17H22N6O2/c1-12-19-16(21-22(12)2)20-17(25)18-11-15(24)23-10-6-5-8-13-7-3-4-9-14(13)23/h3-4,7,9H,5-6,8,10-11H2,1-2H3,(H2,18,20,21,25). The molecule has 0 bridgehead atoms. The number of hydrogen-bond donors (Lipinski definition) is 2. The zero-order chi connectivity index (χ0) is 17.8. The van der Waals surface area contributed by atoms with Gasteiger partial charge in [0.15, 0.2) is 0 Å². The molecule has 0 atom stereocenters. The molecule has 0 radical (unpaired) electrons. The molecule has 25 heavy (non-hydrogen) atoms. The van der Waals surface area contributed by atoms with Gasteiger partial charge in [0.05, 0.1) is 6.54 Å². The molecule has 0 aliphatic carbocycles. The molecule has 3 amide bonds. The summed E-state index contributed by atoms with van der Waals surface area (Å²) in [5.74, 6) is 0.771. The maximum Gasteiger partial charge on any atom is 0.322 e. The number of para-hydroxylation sites is 1. The van der Waals surface area contributed by atoms with Crippen LogP contribution in [0.4, 0.5) is 16.4 Å². The number of anilines is 2. The van der Waals surface area contributed by atoms with Crippen molar-refractivity contribution in [2.45, 2.75) is 26.2 Å². The van der Waals surface area contributed by atoms with Crippen LogP contribution in [0.15, 0.2) is 24.3 Å². The minimum atomic E-state index is -0.498. The fraction of sp³-hybridized carbons (Fsp3) is 0.412. The van der Waals surface area contributed by atoms with Crippen LogP contribution in [0.5, 0.6) is 0 Å². The largest absolute Gasteiger partial charge is 0.329 e. The topological polar surface area (TPSA) is 92.2 Å². The first kappa shape index (κ1) is 16.9. The van der Waals surface area contributed by atoms with Crippen molar-refractivity contribution in [3.8, 4) is 0 Å². The first-order valence-corrected chi connectivity index (χ1v) is 8.35. The van der Waals surface area contributed by atoms with Crippen LogP contribution in [0.25, 0.3) is 0 Å². The number of rotatable bonds is 3. The number of fused-ring (bicyclic) bond motifs is 1. The van der Waals surface area contributed by atoms with E-state index in [2.05, 4.69) is 26.8 Å². The summed E-state index contributed by atoms with van der Waals surface area (Å²) >= 11 is 0. The van der Waals surface area contributed by atoms with E-state index in [1.165, 1.54) is 5.56 Å². The number of carbonyl (C=O) groups excluding carboxylic acids is 2. The van der Waals surface area contributed by atoms with Gasteiger partial charge in [-0.3, -0.25) is 14.8 Å². The summed E-state index contributed by atoms with van der Waals surface area (Å²) < 4.78 is 1.56. The van der Waals surface area contributed by atoms with E-state index in [9.17, 15) is 9.59 Å². The van der Waals surface area contributed by atoms with Crippen LogP contribution in [-0.4, -0.2) is 39.8 Å². The van der Waals surface area contributed by atoms with Crippen molar-refractivity contribution in [2.75, 3.05) is 23.3 Å². The number of nitrogens with zero attached hydrogens (tertiary/aromatic N) is 4. The summed E-state index contributed by atoms with van der Waals surface area (Å²) in [6.45, 7) is 2.38. The molecule has 8 nitrogen and oxygen atoms in total. The highest BCUT2D eigenvalue weighted by Crippen LogP contribution is 2.25. The lowest BCUT2D eigenvalue weighted by Gasteiger charge is -2.23. The molecule has 0 saturated heterocycles. The number of carbonyl (C=O) groups is 2. The Hall–Kier alpha value is -2.90. The maximum absolute atomic E-state index is 12.6. The highest BCUT2D eigenvalue weighted by Gasteiger charge is 2.21. The summed E-state index contributed by atoms with van der Waals surface area (Å²) in [6, 6.07) is 7.43. The summed E-state index contributed by atoms with van der Waals surface area (Å²) in [4.78, 5) is 30.4. The van der Waals surface area contributed by atoms with Gasteiger partial charge >= 0.3 is 6.03 Å². The molecule has 1 aliphatic heterocycles. The van der Waals surface area contributed by atoms with Gasteiger partial charge in [-0.2, -0.15) is 4.98 Å². The van der Waals surface area contributed by atoms with Crippen LogP contribution in [0.1, 0.15) is 24.2 Å². The number of hydrogen-bond acceptors (Lipinski definition) is 4. The Morgan fingerprint density at radius 3 is 2.80 bits per heavy atom. The highest BCUT2D eigenvalue weighted by atomic mass is 16.2. The van der Waals surface area contributed by atoms with E-state index in [0.717, 1.165) is 24.9 Å². The molecule has 0 fully saturated rings. The number of aryl methyl sites for hydroxylation is 3. The highest BCUT2D eigenvalue weighted by molar-refractivity contribution is 5.98. The second kappa shape index (κ2) is 7.33. The van der Waals surface area contributed by atoms with Crippen LogP contribution in [-0.2, 0) is 18.3 Å². The lowest BCUT2D eigenvalue weighted by molar-refractivity contribution is -0.117. The number of nitrogens with one attached hydrogen (secondary N) is 2. The number of aromatic nitrogens is 3. The quantitative estimate of drug-likeness (QED) is 0.886. The smallest absolute Gasteiger partial charge is 0.322 e. The van der Waals surface area contributed by atoms with Crippen molar-refractivity contribution >= 4 is 23.6 Å². The fourth-order valence-electron chi connectivity index (χ4n) is 2.86. The van der Waals surface area contributed by atoms with Gasteiger partial charge in [-0.25, -0.2) is 4.79 Å². The van der Waals surface area contributed by atoms with Gasteiger partial charge in [-0.15, -0.1) is 5.10 Å². The Labute approximate surface area is 146 Å². The molecular weight excluding hydrogens is 320 g/mol. The summed E-state index contributed by atoms with van der Waals surface area (Å²) in [5.41, 5.74) is 2.11. The average molecular weight is 342 g/mol. The Morgan fingerprint density at radius 1 is 1.24 bits per heavy atom. The second-order valence-corrected chi connectivity index (χ2v) is 6.05. The summed E-state index contributed by atoms with van der Waals surface area (Å²) in [5, 5.41) is 9.15. The molecule has 2 heterocycles. The van der Waals surface area contributed by atoms with E-state index in [-0.39, 0.29) is 18.4 Å².